The van der Waals surface area contributed by atoms with Gasteiger partial charge in [-0.25, -0.2) is 13.2 Å². The van der Waals surface area contributed by atoms with Crippen LogP contribution < -0.4 is 10.2 Å². The molecule has 0 heterocycles. The molecule has 3 rings (SSSR count). The lowest BCUT2D eigenvalue weighted by Crippen LogP contribution is -2.50. The van der Waals surface area contributed by atoms with Crippen LogP contribution in [-0.4, -0.2) is 31.2 Å². The lowest BCUT2D eigenvalue weighted by Gasteiger charge is -2.31. The van der Waals surface area contributed by atoms with Gasteiger partial charge in [0.05, 0.1) is 27.5 Å². The highest BCUT2D eigenvalue weighted by Crippen LogP contribution is 2.55. The minimum absolute atomic E-state index is 0.233. The molecule has 0 atom stereocenters. The van der Waals surface area contributed by atoms with E-state index in [2.05, 4.69) is 15.9 Å². The van der Waals surface area contributed by atoms with Crippen molar-refractivity contribution in [1.82, 2.24) is 0 Å². The Balaban J connectivity index is 2.07. The summed E-state index contributed by atoms with van der Waals surface area (Å²) in [5, 5.41) is 1.09. The van der Waals surface area contributed by atoms with Gasteiger partial charge in [0, 0.05) is 22.6 Å². The summed E-state index contributed by atoms with van der Waals surface area (Å²) in [6, 6.07) is 4.38. The fourth-order valence-corrected chi connectivity index (χ4v) is 4.45. The molecule has 43 heavy (non-hydrogen) atoms. The van der Waals surface area contributed by atoms with Gasteiger partial charge in [0.2, 0.25) is 0 Å². The molecule has 0 aliphatic heterocycles. The van der Waals surface area contributed by atoms with Crippen LogP contribution in [0, 0.1) is 11.6 Å². The second-order valence-electron chi connectivity index (χ2n) is 8.62. The highest BCUT2D eigenvalue weighted by atomic mass is 79.9. The first-order valence-corrected chi connectivity index (χ1v) is 12.3. The summed E-state index contributed by atoms with van der Waals surface area (Å²) in [6.45, 7) is 0. The maximum absolute atomic E-state index is 15.3. The number of nitrogens with one attached hydrogen (secondary N) is 1. The molecule has 232 valence electrons. The molecule has 0 aliphatic rings. The van der Waals surface area contributed by atoms with Gasteiger partial charge in [-0.15, -0.1) is 0 Å². The summed E-state index contributed by atoms with van der Waals surface area (Å²) in [4.78, 5) is 26.2. The van der Waals surface area contributed by atoms with Crippen LogP contribution in [0.1, 0.15) is 31.8 Å². The molecule has 0 spiro atoms. The Morgan fingerprint density at radius 2 is 1.44 bits per heavy atom. The number of hydrogen-bond donors (Lipinski definition) is 1. The van der Waals surface area contributed by atoms with E-state index in [1.165, 1.54) is 0 Å². The molecule has 0 saturated carbocycles. The van der Waals surface area contributed by atoms with Gasteiger partial charge >= 0.3 is 24.2 Å². The topological polar surface area (TPSA) is 49.4 Å². The van der Waals surface area contributed by atoms with Gasteiger partial charge < -0.3 is 10.2 Å². The van der Waals surface area contributed by atoms with Crippen molar-refractivity contribution < 1.29 is 62.3 Å². The van der Waals surface area contributed by atoms with Gasteiger partial charge in [-0.05, 0) is 58.4 Å². The Bertz CT molecular complexity index is 1570. The number of amides is 2. The molecule has 0 unspecified atom stereocenters. The van der Waals surface area contributed by atoms with Crippen LogP contribution in [0.15, 0.2) is 53.0 Å². The maximum atomic E-state index is 15.3. The quantitative estimate of drug-likeness (QED) is 0.268. The number of rotatable bonds is 5. The van der Waals surface area contributed by atoms with Crippen LogP contribution in [0.4, 0.5) is 64.1 Å². The lowest BCUT2D eigenvalue weighted by molar-refractivity contribution is -0.348. The van der Waals surface area contributed by atoms with E-state index in [0.29, 0.717) is 4.90 Å². The molecule has 0 aliphatic carbocycles. The zero-order valence-corrected chi connectivity index (χ0v) is 23.0. The van der Waals surface area contributed by atoms with Crippen molar-refractivity contribution in [2.75, 3.05) is 17.3 Å². The van der Waals surface area contributed by atoms with Crippen LogP contribution in [-0.2, 0) is 11.8 Å². The molecule has 3 aromatic rings. The normalized spacial score (nSPS) is 12.7. The third kappa shape index (κ3) is 6.41. The van der Waals surface area contributed by atoms with Crippen LogP contribution in [0.25, 0.3) is 0 Å². The van der Waals surface area contributed by atoms with Gasteiger partial charge in [0.25, 0.3) is 11.8 Å². The first-order chi connectivity index (χ1) is 19.5. The van der Waals surface area contributed by atoms with Crippen LogP contribution in [0.3, 0.4) is 0 Å². The average molecular weight is 716 g/mol. The molecule has 0 fully saturated rings. The molecule has 1 N–H and O–H groups in total. The van der Waals surface area contributed by atoms with Crippen LogP contribution >= 0.6 is 27.5 Å². The van der Waals surface area contributed by atoms with Crippen molar-refractivity contribution in [1.29, 1.82) is 0 Å². The zero-order chi connectivity index (χ0) is 32.9. The van der Waals surface area contributed by atoms with Crippen molar-refractivity contribution >= 4 is 50.7 Å². The molecule has 0 aromatic heterocycles. The molecule has 18 heteroatoms. The number of carbonyl (C=O) groups is 2. The van der Waals surface area contributed by atoms with Gasteiger partial charge in [0.1, 0.15) is 5.82 Å². The van der Waals surface area contributed by atoms with E-state index in [1.54, 1.807) is 5.32 Å². The van der Waals surface area contributed by atoms with E-state index < -0.39 is 91.3 Å². The maximum Gasteiger partial charge on any atom is 0.435 e. The van der Waals surface area contributed by atoms with Crippen molar-refractivity contribution in [3.63, 3.8) is 0 Å². The van der Waals surface area contributed by atoms with E-state index in [1.807, 2.05) is 0 Å². The minimum atomic E-state index is -6.75. The standard InChI is InChI=1S/C25H12BrClF12N2O2/c1-41(21(43)10-5-6-16(28)15(27)7-10)17-4-2-3-12(18(17)29)20(42)40-19-13(23(31,32)33)8-11(9-14(19)26)22(30,24(34,35)36)25(37,38)39/h2-9H,1H3,(H,40,42). The van der Waals surface area contributed by atoms with E-state index >= 15 is 4.39 Å². The summed E-state index contributed by atoms with van der Waals surface area (Å²) in [7, 11) is 1.02. The number of carbonyl (C=O) groups excluding carboxylic acids is 2. The average Bonchev–Trinajstić information content (AvgIpc) is 2.88. The fraction of sp³-hybridized carbons (Fsp3) is 0.200. The van der Waals surface area contributed by atoms with Gasteiger partial charge in [-0.2, -0.15) is 39.5 Å². The third-order valence-corrected chi connectivity index (χ3v) is 6.78. The Morgan fingerprint density at radius 3 is 1.95 bits per heavy atom. The molecular formula is C25H12BrClF12N2O2. The Morgan fingerprint density at radius 1 is 0.860 bits per heavy atom. The van der Waals surface area contributed by atoms with E-state index in [9.17, 15) is 57.9 Å². The third-order valence-electron chi connectivity index (χ3n) is 5.87. The number of halogens is 14. The number of anilines is 2. The minimum Gasteiger partial charge on any atom is -0.320 e. The Hall–Kier alpha value is -3.47. The first-order valence-electron chi connectivity index (χ1n) is 11.1. The smallest absolute Gasteiger partial charge is 0.320 e. The van der Waals surface area contributed by atoms with Crippen molar-refractivity contribution in [3.05, 3.63) is 91.9 Å². The van der Waals surface area contributed by atoms with E-state index in [4.69, 9.17) is 11.6 Å². The van der Waals surface area contributed by atoms with Crippen LogP contribution in [0.2, 0.25) is 5.02 Å². The number of benzene rings is 3. The SMILES string of the molecule is CN(C(=O)c1ccc(F)c(Cl)c1)c1cccc(C(=O)Nc2c(Br)cc(C(F)(C(F)(F)F)C(F)(F)F)cc2C(F)(F)F)c1F. The molecule has 0 saturated heterocycles. The molecule has 4 nitrogen and oxygen atoms in total. The summed E-state index contributed by atoms with van der Waals surface area (Å²) in [6.07, 6.45) is -19.3. The predicted molar refractivity (Wildman–Crippen MR) is 133 cm³/mol. The fourth-order valence-electron chi connectivity index (χ4n) is 3.71. The van der Waals surface area contributed by atoms with Crippen molar-refractivity contribution in [3.8, 4) is 0 Å². The molecule has 3 aromatic carbocycles. The van der Waals surface area contributed by atoms with Gasteiger partial charge in [-0.1, -0.05) is 17.7 Å². The molecule has 2 amide bonds. The monoisotopic (exact) mass is 714 g/mol. The Labute approximate surface area is 246 Å². The summed E-state index contributed by atoms with van der Waals surface area (Å²) >= 11 is 7.96. The molecule has 0 bridgehead atoms. The molecule has 0 radical (unpaired) electrons. The summed E-state index contributed by atoms with van der Waals surface area (Å²) in [5.41, 5.74) is -14.4. The lowest BCUT2D eigenvalue weighted by atomic mass is 9.92. The van der Waals surface area contributed by atoms with E-state index in [-0.39, 0.29) is 11.6 Å². The number of nitrogens with zero attached hydrogens (tertiary/aromatic N) is 1. The first kappa shape index (κ1) is 34.0. The zero-order valence-electron chi connectivity index (χ0n) is 20.7. The second-order valence-corrected chi connectivity index (χ2v) is 9.88. The van der Waals surface area contributed by atoms with Gasteiger partial charge in [0.15, 0.2) is 5.82 Å². The highest BCUT2D eigenvalue weighted by molar-refractivity contribution is 9.10. The second kappa shape index (κ2) is 11.6. The van der Waals surface area contributed by atoms with E-state index in [0.717, 1.165) is 43.4 Å². The number of alkyl halides is 10. The largest absolute Gasteiger partial charge is 0.435 e. The highest BCUT2D eigenvalue weighted by Gasteiger charge is 2.73. The van der Waals surface area contributed by atoms with Gasteiger partial charge in [-0.3, -0.25) is 9.59 Å². The molecular weight excluding hydrogens is 704 g/mol. The Kier molecular flexibility index (Phi) is 9.14. The summed E-state index contributed by atoms with van der Waals surface area (Å²) < 4.78 is 162. The predicted octanol–water partition coefficient (Wildman–Crippen LogP) is 9.22. The van der Waals surface area contributed by atoms with Crippen molar-refractivity contribution in [2.45, 2.75) is 24.2 Å². The van der Waals surface area contributed by atoms with Crippen molar-refractivity contribution in [2.24, 2.45) is 0 Å². The summed E-state index contributed by atoms with van der Waals surface area (Å²) in [5.74, 6) is -5.04. The number of hydrogen-bond acceptors (Lipinski definition) is 2. The van der Waals surface area contributed by atoms with Crippen LogP contribution in [0.5, 0.6) is 0 Å².